The molecule has 0 aliphatic rings. The summed E-state index contributed by atoms with van der Waals surface area (Å²) in [5, 5.41) is 0. The van der Waals surface area contributed by atoms with Crippen LogP contribution in [-0.4, -0.2) is 5.60 Å². The Hall–Kier alpha value is 1.96. The first-order chi connectivity index (χ1) is 6.89. The van der Waals surface area contributed by atoms with Gasteiger partial charge >= 0.3 is 34.1 Å². The normalized spacial score (nSPS) is 14.4. The number of hydrogen-bond acceptors (Lipinski definition) is 4. The first-order valence-electron chi connectivity index (χ1n) is 5.62. The van der Waals surface area contributed by atoms with Crippen LogP contribution in [0.5, 0.6) is 0 Å². The van der Waals surface area contributed by atoms with Gasteiger partial charge < -0.3 is 21.7 Å². The van der Waals surface area contributed by atoms with Crippen molar-refractivity contribution in [2.75, 3.05) is 0 Å². The molecule has 112 valence electrons. The summed E-state index contributed by atoms with van der Waals surface area (Å²) in [7, 11) is 0. The molecule has 0 aliphatic carbocycles. The fourth-order valence-corrected chi connectivity index (χ4v) is 3.49. The third kappa shape index (κ3) is 11.5. The number of hydrogen-bond donors (Lipinski definition) is 0. The summed E-state index contributed by atoms with van der Waals surface area (Å²) in [5.74, 6) is 0. The summed E-state index contributed by atoms with van der Waals surface area (Å²) < 4.78 is 5.46. The van der Waals surface area contributed by atoms with Gasteiger partial charge in [-0.3, -0.25) is 0 Å². The molecule has 0 saturated heterocycles. The van der Waals surface area contributed by atoms with E-state index in [1.54, 1.807) is 0 Å². The Bertz CT molecular complexity index is 220. The zero-order chi connectivity index (χ0) is 11.9. The quantitative estimate of drug-likeness (QED) is 0.273. The zero-order valence-electron chi connectivity index (χ0n) is 10.4. The van der Waals surface area contributed by atoms with Crippen molar-refractivity contribution in [2.24, 2.45) is 0 Å². The largest absolute Gasteiger partial charge is 1.00 e. The molecule has 0 heterocycles. The Morgan fingerprint density at radius 3 is 1.94 bits per heavy atom. The molecule has 0 N–H and O–H groups in total. The minimum absolute atomic E-state index is 0. The maximum Gasteiger partial charge on any atom is 1.00 e. The molecule has 0 aromatic heterocycles. The minimum Gasteiger partial charge on any atom is -0.819 e. The van der Waals surface area contributed by atoms with Crippen molar-refractivity contribution < 1.29 is 43.6 Å². The van der Waals surface area contributed by atoms with Crippen molar-refractivity contribution in [1.29, 1.82) is 0 Å². The summed E-state index contributed by atoms with van der Waals surface area (Å²) in [5.41, 5.74) is -3.56. The van der Waals surface area contributed by atoms with Crippen LogP contribution in [0.3, 0.4) is 0 Å². The summed E-state index contributed by atoms with van der Waals surface area (Å²) in [6, 6.07) is 0. The first kappa shape index (κ1) is 24.0. The fraction of sp³-hybridized carbons (Fsp3) is 1.00. The van der Waals surface area contributed by atoms with Gasteiger partial charge in [-0.05, 0) is 19.3 Å². The van der Waals surface area contributed by atoms with E-state index in [1.165, 1.54) is 12.8 Å². The maximum absolute atomic E-state index is 11.4. The van der Waals surface area contributed by atoms with Crippen molar-refractivity contribution in [3.8, 4) is 0 Å². The second-order valence-electron chi connectivity index (χ2n) is 3.89. The van der Waals surface area contributed by atoms with Crippen LogP contribution in [0.2, 0.25) is 0 Å². The van der Waals surface area contributed by atoms with Crippen molar-refractivity contribution >= 4 is 29.7 Å². The second-order valence-corrected chi connectivity index (χ2v) is 8.54. The van der Waals surface area contributed by atoms with Gasteiger partial charge in [0.15, 0.2) is 0 Å². The maximum atomic E-state index is 11.4. The van der Waals surface area contributed by atoms with Crippen molar-refractivity contribution in [1.82, 2.24) is 0 Å². The molecule has 0 aromatic carbocycles. The molecular weight excluding hydrogens is 374 g/mol. The van der Waals surface area contributed by atoms with Crippen molar-refractivity contribution in [3.63, 3.8) is 0 Å². The second kappa shape index (κ2) is 11.8. The van der Waals surface area contributed by atoms with Gasteiger partial charge in [0.05, 0.1) is 5.60 Å². The molecule has 0 amide bonds. The van der Waals surface area contributed by atoms with Crippen LogP contribution >= 0.6 is 5.69 Å². The molecule has 0 rings (SSSR count). The van der Waals surface area contributed by atoms with Gasteiger partial charge in [-0.15, -0.1) is 17.5 Å². The van der Waals surface area contributed by atoms with Gasteiger partial charge in [-0.1, -0.05) is 40.0 Å². The fourth-order valence-electron chi connectivity index (χ4n) is 1.71. The van der Waals surface area contributed by atoms with Gasteiger partial charge in [0.25, 0.3) is 0 Å². The van der Waals surface area contributed by atoms with Crippen molar-refractivity contribution in [2.45, 2.75) is 64.9 Å². The minimum atomic E-state index is -3.20. The Morgan fingerprint density at radius 2 is 1.65 bits per heavy atom. The molecule has 7 heteroatoms. The molecule has 2 nitrogen and oxygen atoms in total. The van der Waals surface area contributed by atoms with Gasteiger partial charge in [-0.2, -0.15) is 0 Å². The van der Waals surface area contributed by atoms with Gasteiger partial charge in [0, 0.05) is 0 Å². The Kier molecular flexibility index (Phi) is 16.6. The predicted octanol–water partition coefficient (Wildman–Crippen LogP) is 3.27. The smallest absolute Gasteiger partial charge is 0.819 e. The number of unbranched alkanes of at least 4 members (excludes halogenated alkanes) is 2. The summed E-state index contributed by atoms with van der Waals surface area (Å²) in [6.07, 6.45) is 5.98. The van der Waals surface area contributed by atoms with Crippen LogP contribution in [0.4, 0.5) is 0 Å². The molecule has 1 atom stereocenters. The average Bonchev–Trinajstić information content (AvgIpc) is 2.15. The summed E-state index contributed by atoms with van der Waals surface area (Å²) in [6.45, 7) is 6.23. The van der Waals surface area contributed by atoms with E-state index in [0.717, 1.165) is 25.7 Å². The third-order valence-electron chi connectivity index (χ3n) is 2.83. The van der Waals surface area contributed by atoms with E-state index in [0.29, 0.717) is 0 Å². The van der Waals surface area contributed by atoms with Gasteiger partial charge in [-0.25, -0.2) is 0 Å². The van der Waals surface area contributed by atoms with Crippen LogP contribution < -0.4 is 4.89 Å². The van der Waals surface area contributed by atoms with Crippen LogP contribution in [-0.2, 0) is 62.7 Å². The molecule has 0 bridgehead atoms. The van der Waals surface area contributed by atoms with Crippen LogP contribution in [0.15, 0.2) is 0 Å². The van der Waals surface area contributed by atoms with Crippen LogP contribution in [0, 0.1) is 0 Å². The van der Waals surface area contributed by atoms with E-state index in [1.807, 2.05) is 13.8 Å². The number of rotatable bonds is 8. The molecular formula is C10H21Cu2O2PS2. The Balaban J connectivity index is -0.000000980. The Morgan fingerprint density at radius 1 is 1.18 bits per heavy atom. The van der Waals surface area contributed by atoms with Gasteiger partial charge in [0.2, 0.25) is 0 Å². The third-order valence-corrected chi connectivity index (χ3v) is 3.89. The SMILES string of the molecule is CCCCCC(CC)(CC)OP([O-])(=S)[S-].[Cu+].[Cu+]. The predicted molar refractivity (Wildman–Crippen MR) is 70.2 cm³/mol. The topological polar surface area (TPSA) is 32.3 Å². The average molecular weight is 395 g/mol. The summed E-state index contributed by atoms with van der Waals surface area (Å²) in [4.78, 5) is 11.4. The standard InChI is InChI=1S/C10H23O2PS2.2Cu/c1-4-7-8-9-10(5-2,6-3)12-13(11,14)15;;/h4-9H2,1-3H3,(H2,11,14,15);;/q;2*+1/p-2. The van der Waals surface area contributed by atoms with Crippen LogP contribution in [0.1, 0.15) is 59.3 Å². The van der Waals surface area contributed by atoms with E-state index < -0.39 is 5.69 Å². The summed E-state index contributed by atoms with van der Waals surface area (Å²) >= 11 is 9.39. The molecule has 17 heavy (non-hydrogen) atoms. The molecule has 0 aliphatic heterocycles. The molecule has 0 saturated carbocycles. The van der Waals surface area contributed by atoms with E-state index >= 15 is 0 Å². The van der Waals surface area contributed by atoms with Crippen molar-refractivity contribution in [3.05, 3.63) is 0 Å². The van der Waals surface area contributed by atoms with Crippen LogP contribution in [0.25, 0.3) is 0 Å². The molecule has 0 aromatic rings. The molecule has 0 fully saturated rings. The van der Waals surface area contributed by atoms with E-state index in [-0.39, 0.29) is 39.7 Å². The zero-order valence-corrected chi connectivity index (χ0v) is 14.8. The van der Waals surface area contributed by atoms with E-state index in [4.69, 9.17) is 28.6 Å². The molecule has 0 radical (unpaired) electrons. The molecule has 0 spiro atoms. The van der Waals surface area contributed by atoms with E-state index in [2.05, 4.69) is 6.92 Å². The van der Waals surface area contributed by atoms with Gasteiger partial charge in [0.1, 0.15) is 0 Å². The monoisotopic (exact) mass is 394 g/mol. The first-order valence-corrected chi connectivity index (χ1v) is 9.27. The Labute approximate surface area is 137 Å². The molecule has 1 unspecified atom stereocenters. The van der Waals surface area contributed by atoms with E-state index in [9.17, 15) is 4.89 Å².